The molecule has 1 heterocycles. The standard InChI is InChI=1S/C18H14ClNO/c1-21-11-9-17-16(8-10-20-18(17)19)15-7-6-13-4-2-3-5-14(13)12-15/h2-12H,1H3. The van der Waals surface area contributed by atoms with Crippen LogP contribution in [-0.4, -0.2) is 12.1 Å². The Hall–Kier alpha value is -2.32. The van der Waals surface area contributed by atoms with Crippen LogP contribution in [0.1, 0.15) is 5.56 Å². The molecule has 0 bridgehead atoms. The molecule has 3 rings (SSSR count). The van der Waals surface area contributed by atoms with E-state index in [0.717, 1.165) is 16.7 Å². The molecule has 104 valence electrons. The molecule has 0 spiro atoms. The van der Waals surface area contributed by atoms with Crippen LogP contribution in [0.3, 0.4) is 0 Å². The van der Waals surface area contributed by atoms with Crippen LogP contribution >= 0.6 is 11.6 Å². The molecule has 1 aromatic heterocycles. The van der Waals surface area contributed by atoms with E-state index in [9.17, 15) is 0 Å². The van der Waals surface area contributed by atoms with Crippen LogP contribution in [-0.2, 0) is 4.74 Å². The second-order valence-electron chi connectivity index (χ2n) is 4.66. The highest BCUT2D eigenvalue weighted by atomic mass is 35.5. The van der Waals surface area contributed by atoms with E-state index < -0.39 is 0 Å². The smallest absolute Gasteiger partial charge is 0.136 e. The van der Waals surface area contributed by atoms with E-state index in [-0.39, 0.29) is 0 Å². The zero-order chi connectivity index (χ0) is 14.7. The first-order valence-corrected chi connectivity index (χ1v) is 7.00. The summed E-state index contributed by atoms with van der Waals surface area (Å²) >= 11 is 6.22. The Balaban J connectivity index is 2.18. The van der Waals surface area contributed by atoms with E-state index in [2.05, 4.69) is 35.3 Å². The maximum absolute atomic E-state index is 6.22. The van der Waals surface area contributed by atoms with Crippen molar-refractivity contribution in [2.24, 2.45) is 0 Å². The lowest BCUT2D eigenvalue weighted by molar-refractivity contribution is 0.341. The Bertz CT molecular complexity index is 811. The maximum Gasteiger partial charge on any atom is 0.136 e. The minimum atomic E-state index is 0.467. The third kappa shape index (κ3) is 2.76. The number of fused-ring (bicyclic) bond motifs is 1. The van der Waals surface area contributed by atoms with E-state index in [4.69, 9.17) is 16.3 Å². The van der Waals surface area contributed by atoms with Gasteiger partial charge in [0.25, 0.3) is 0 Å². The van der Waals surface area contributed by atoms with Gasteiger partial charge in [-0.2, -0.15) is 0 Å². The number of pyridine rings is 1. The fraction of sp³-hybridized carbons (Fsp3) is 0.0556. The van der Waals surface area contributed by atoms with Crippen molar-refractivity contribution in [1.29, 1.82) is 0 Å². The van der Waals surface area contributed by atoms with Crippen LogP contribution < -0.4 is 0 Å². The van der Waals surface area contributed by atoms with Gasteiger partial charge in [0.2, 0.25) is 0 Å². The van der Waals surface area contributed by atoms with E-state index in [1.54, 1.807) is 19.6 Å². The van der Waals surface area contributed by atoms with Gasteiger partial charge in [-0.15, -0.1) is 0 Å². The monoisotopic (exact) mass is 295 g/mol. The van der Waals surface area contributed by atoms with Gasteiger partial charge in [-0.05, 0) is 40.1 Å². The lowest BCUT2D eigenvalue weighted by Gasteiger charge is -2.09. The Morgan fingerprint density at radius 2 is 1.86 bits per heavy atom. The van der Waals surface area contributed by atoms with Crippen molar-refractivity contribution in [2.75, 3.05) is 7.11 Å². The zero-order valence-corrected chi connectivity index (χ0v) is 12.3. The summed E-state index contributed by atoms with van der Waals surface area (Å²) in [6.07, 6.45) is 5.16. The number of hydrogen-bond acceptors (Lipinski definition) is 2. The van der Waals surface area contributed by atoms with Gasteiger partial charge < -0.3 is 4.74 Å². The van der Waals surface area contributed by atoms with Crippen LogP contribution in [0.15, 0.2) is 61.0 Å². The summed E-state index contributed by atoms with van der Waals surface area (Å²) in [6.45, 7) is 0. The zero-order valence-electron chi connectivity index (χ0n) is 11.6. The predicted octanol–water partition coefficient (Wildman–Crippen LogP) is 5.17. The fourth-order valence-corrected chi connectivity index (χ4v) is 2.57. The summed E-state index contributed by atoms with van der Waals surface area (Å²) in [5, 5.41) is 2.88. The molecule has 0 N–H and O–H groups in total. The van der Waals surface area contributed by atoms with E-state index in [1.807, 2.05) is 24.3 Å². The van der Waals surface area contributed by atoms with E-state index >= 15 is 0 Å². The molecule has 0 saturated heterocycles. The van der Waals surface area contributed by atoms with Crippen molar-refractivity contribution >= 4 is 28.4 Å². The molecule has 0 radical (unpaired) electrons. The van der Waals surface area contributed by atoms with Crippen LogP contribution in [0.2, 0.25) is 5.15 Å². The number of nitrogens with zero attached hydrogens (tertiary/aromatic N) is 1. The summed E-state index contributed by atoms with van der Waals surface area (Å²) in [6, 6.07) is 16.6. The van der Waals surface area contributed by atoms with Gasteiger partial charge in [0.05, 0.1) is 13.4 Å². The molecule has 0 unspecified atom stereocenters. The molecule has 2 nitrogen and oxygen atoms in total. The van der Waals surface area contributed by atoms with Crippen LogP contribution in [0.4, 0.5) is 0 Å². The minimum Gasteiger partial charge on any atom is -0.504 e. The van der Waals surface area contributed by atoms with Gasteiger partial charge in [-0.25, -0.2) is 4.98 Å². The summed E-state index contributed by atoms with van der Waals surface area (Å²) in [4.78, 5) is 4.14. The van der Waals surface area contributed by atoms with Crippen molar-refractivity contribution in [3.8, 4) is 11.1 Å². The number of ether oxygens (including phenoxy) is 1. The third-order valence-corrected chi connectivity index (χ3v) is 3.67. The van der Waals surface area contributed by atoms with Crippen molar-refractivity contribution in [3.05, 3.63) is 71.7 Å². The van der Waals surface area contributed by atoms with Gasteiger partial charge in [-0.3, -0.25) is 0 Å². The molecule has 0 saturated carbocycles. The lowest BCUT2D eigenvalue weighted by atomic mass is 9.98. The lowest BCUT2D eigenvalue weighted by Crippen LogP contribution is -1.88. The summed E-state index contributed by atoms with van der Waals surface area (Å²) in [5.74, 6) is 0. The number of hydrogen-bond donors (Lipinski definition) is 0. The molecule has 0 aliphatic heterocycles. The molecular weight excluding hydrogens is 282 g/mol. The van der Waals surface area contributed by atoms with Gasteiger partial charge >= 0.3 is 0 Å². The van der Waals surface area contributed by atoms with E-state index in [0.29, 0.717) is 5.15 Å². The molecular formula is C18H14ClNO. The fourth-order valence-electron chi connectivity index (χ4n) is 2.35. The molecule has 0 aliphatic rings. The summed E-state index contributed by atoms with van der Waals surface area (Å²) in [7, 11) is 1.61. The average molecular weight is 296 g/mol. The van der Waals surface area contributed by atoms with Gasteiger partial charge in [0.15, 0.2) is 0 Å². The number of methoxy groups -OCH3 is 1. The first-order valence-electron chi connectivity index (χ1n) is 6.62. The molecule has 0 fully saturated rings. The molecule has 0 atom stereocenters. The average Bonchev–Trinajstić information content (AvgIpc) is 2.53. The highest BCUT2D eigenvalue weighted by molar-refractivity contribution is 6.31. The molecule has 2 aromatic carbocycles. The quantitative estimate of drug-likeness (QED) is 0.491. The third-order valence-electron chi connectivity index (χ3n) is 3.37. The number of benzene rings is 2. The Kier molecular flexibility index (Phi) is 3.89. The van der Waals surface area contributed by atoms with Crippen molar-refractivity contribution < 1.29 is 4.74 Å². The highest BCUT2D eigenvalue weighted by Crippen LogP contribution is 2.31. The second-order valence-corrected chi connectivity index (χ2v) is 5.02. The van der Waals surface area contributed by atoms with Gasteiger partial charge in [0, 0.05) is 11.8 Å². The molecule has 0 aliphatic carbocycles. The van der Waals surface area contributed by atoms with Gasteiger partial charge in [-0.1, -0.05) is 48.0 Å². The van der Waals surface area contributed by atoms with Gasteiger partial charge in [0.1, 0.15) is 5.15 Å². The molecule has 3 heteroatoms. The molecule has 21 heavy (non-hydrogen) atoms. The van der Waals surface area contributed by atoms with Crippen molar-refractivity contribution in [2.45, 2.75) is 0 Å². The highest BCUT2D eigenvalue weighted by Gasteiger charge is 2.08. The second kappa shape index (κ2) is 5.98. The van der Waals surface area contributed by atoms with Crippen LogP contribution in [0.25, 0.3) is 28.0 Å². The molecule has 0 amide bonds. The normalized spacial score (nSPS) is 11.1. The van der Waals surface area contributed by atoms with E-state index in [1.165, 1.54) is 10.8 Å². The summed E-state index contributed by atoms with van der Waals surface area (Å²) < 4.78 is 4.99. The first-order chi connectivity index (χ1) is 10.3. The number of aromatic nitrogens is 1. The Morgan fingerprint density at radius 1 is 1.05 bits per heavy atom. The number of halogens is 1. The topological polar surface area (TPSA) is 22.1 Å². The Labute approximate surface area is 128 Å². The largest absolute Gasteiger partial charge is 0.504 e. The Morgan fingerprint density at radius 3 is 2.67 bits per heavy atom. The first kappa shape index (κ1) is 13.7. The van der Waals surface area contributed by atoms with Crippen molar-refractivity contribution in [1.82, 2.24) is 4.98 Å². The van der Waals surface area contributed by atoms with Crippen molar-refractivity contribution in [3.63, 3.8) is 0 Å². The SMILES string of the molecule is COC=Cc1c(-c2ccc3ccccc3c2)ccnc1Cl. The minimum absolute atomic E-state index is 0.467. The molecule has 3 aromatic rings. The van der Waals surface area contributed by atoms with Crippen LogP contribution in [0, 0.1) is 0 Å². The van der Waals surface area contributed by atoms with Crippen LogP contribution in [0.5, 0.6) is 0 Å². The predicted molar refractivity (Wildman–Crippen MR) is 88.2 cm³/mol. The number of rotatable bonds is 3. The maximum atomic E-state index is 6.22. The summed E-state index contributed by atoms with van der Waals surface area (Å²) in [5.41, 5.74) is 3.00.